The van der Waals surface area contributed by atoms with Gasteiger partial charge in [0, 0.05) is 36.9 Å². The van der Waals surface area contributed by atoms with Gasteiger partial charge in [-0.25, -0.2) is 4.98 Å². The molecule has 144 valence electrons. The van der Waals surface area contributed by atoms with Crippen LogP contribution >= 0.6 is 23.7 Å². The zero-order valence-corrected chi connectivity index (χ0v) is 17.2. The Hall–Kier alpha value is -1.44. The van der Waals surface area contributed by atoms with Gasteiger partial charge in [-0.3, -0.25) is 9.59 Å². The van der Waals surface area contributed by atoms with E-state index in [0.717, 1.165) is 47.7 Å². The maximum absolute atomic E-state index is 12.7. The van der Waals surface area contributed by atoms with E-state index >= 15 is 0 Å². The molecule has 1 aliphatic heterocycles. The SMILES string of the molecule is CCCN(C(=O)CCc1nc2sc(C)c(C)c2c(=O)[nH]1)C1CCNC1.Cl. The Morgan fingerprint density at radius 2 is 2.15 bits per heavy atom. The van der Waals surface area contributed by atoms with Crippen LogP contribution < -0.4 is 10.9 Å². The largest absolute Gasteiger partial charge is 0.338 e. The number of aryl methyl sites for hydroxylation is 3. The normalized spacial score (nSPS) is 16.7. The van der Waals surface area contributed by atoms with E-state index in [-0.39, 0.29) is 23.9 Å². The number of nitrogens with zero attached hydrogens (tertiary/aromatic N) is 2. The number of carbonyl (C=O) groups is 1. The van der Waals surface area contributed by atoms with Crippen LogP contribution in [-0.4, -0.2) is 46.5 Å². The first-order valence-electron chi connectivity index (χ1n) is 9.00. The fourth-order valence-corrected chi connectivity index (χ4v) is 4.49. The molecule has 3 rings (SSSR count). The lowest BCUT2D eigenvalue weighted by molar-refractivity contribution is -0.133. The van der Waals surface area contributed by atoms with Crippen LogP contribution in [-0.2, 0) is 11.2 Å². The molecule has 1 unspecified atom stereocenters. The van der Waals surface area contributed by atoms with E-state index in [1.165, 1.54) is 0 Å². The van der Waals surface area contributed by atoms with Gasteiger partial charge in [-0.05, 0) is 38.8 Å². The summed E-state index contributed by atoms with van der Waals surface area (Å²) in [6.07, 6.45) is 2.83. The molecule has 0 radical (unpaired) electrons. The monoisotopic (exact) mass is 398 g/mol. The third-order valence-corrected chi connectivity index (χ3v) is 6.02. The highest BCUT2D eigenvalue weighted by Gasteiger charge is 2.25. The molecule has 1 amide bonds. The first-order valence-corrected chi connectivity index (χ1v) is 9.82. The summed E-state index contributed by atoms with van der Waals surface area (Å²) in [6, 6.07) is 0.296. The second-order valence-corrected chi connectivity index (χ2v) is 7.91. The van der Waals surface area contributed by atoms with Crippen molar-refractivity contribution in [2.45, 2.75) is 52.5 Å². The smallest absolute Gasteiger partial charge is 0.259 e. The standard InChI is InChI=1S/C18H26N4O2S.ClH/c1-4-9-22(13-7-8-19-10-13)15(23)6-5-14-20-17(24)16-11(2)12(3)25-18(16)21-14;/h13,19H,4-10H2,1-3H3,(H,20,21,24);1H. The summed E-state index contributed by atoms with van der Waals surface area (Å²) in [6.45, 7) is 8.69. The van der Waals surface area contributed by atoms with Crippen LogP contribution in [0.2, 0.25) is 0 Å². The van der Waals surface area contributed by atoms with Crippen molar-refractivity contribution in [3.63, 3.8) is 0 Å². The van der Waals surface area contributed by atoms with Crippen molar-refractivity contribution in [3.05, 3.63) is 26.6 Å². The summed E-state index contributed by atoms with van der Waals surface area (Å²) in [5, 5.41) is 4.01. The van der Waals surface area contributed by atoms with Crippen LogP contribution in [0.4, 0.5) is 0 Å². The molecule has 1 aliphatic rings. The predicted octanol–water partition coefficient (Wildman–Crippen LogP) is 2.56. The lowest BCUT2D eigenvalue weighted by Crippen LogP contribution is -2.42. The molecule has 0 bridgehead atoms. The van der Waals surface area contributed by atoms with E-state index in [9.17, 15) is 9.59 Å². The van der Waals surface area contributed by atoms with E-state index in [0.29, 0.717) is 30.1 Å². The number of rotatable bonds is 6. The first kappa shape index (κ1) is 20.9. The highest BCUT2D eigenvalue weighted by Crippen LogP contribution is 2.25. The lowest BCUT2D eigenvalue weighted by Gasteiger charge is -2.28. The molecule has 1 fully saturated rings. The second-order valence-electron chi connectivity index (χ2n) is 6.71. The van der Waals surface area contributed by atoms with Crippen molar-refractivity contribution in [1.29, 1.82) is 0 Å². The van der Waals surface area contributed by atoms with Crippen molar-refractivity contribution < 1.29 is 4.79 Å². The van der Waals surface area contributed by atoms with Crippen LogP contribution in [0.15, 0.2) is 4.79 Å². The molecule has 1 atom stereocenters. The quantitative estimate of drug-likeness (QED) is 0.783. The van der Waals surface area contributed by atoms with Gasteiger partial charge in [0.15, 0.2) is 0 Å². The zero-order valence-electron chi connectivity index (χ0n) is 15.6. The number of hydrogen-bond donors (Lipinski definition) is 2. The molecule has 6 nitrogen and oxygen atoms in total. The number of carbonyl (C=O) groups excluding carboxylic acids is 1. The molecule has 2 aromatic heterocycles. The zero-order chi connectivity index (χ0) is 18.0. The number of halogens is 1. The van der Waals surface area contributed by atoms with Gasteiger partial charge in [-0.1, -0.05) is 6.92 Å². The minimum Gasteiger partial charge on any atom is -0.338 e. The van der Waals surface area contributed by atoms with Crippen molar-refractivity contribution in [1.82, 2.24) is 20.2 Å². The van der Waals surface area contributed by atoms with Crippen LogP contribution in [0.5, 0.6) is 0 Å². The Morgan fingerprint density at radius 1 is 1.38 bits per heavy atom. The number of nitrogens with one attached hydrogen (secondary N) is 2. The highest BCUT2D eigenvalue weighted by atomic mass is 35.5. The van der Waals surface area contributed by atoms with Crippen molar-refractivity contribution in [2.24, 2.45) is 0 Å². The minimum atomic E-state index is -0.0975. The Labute approximate surface area is 163 Å². The highest BCUT2D eigenvalue weighted by molar-refractivity contribution is 7.18. The van der Waals surface area contributed by atoms with Crippen molar-refractivity contribution in [2.75, 3.05) is 19.6 Å². The van der Waals surface area contributed by atoms with Gasteiger partial charge >= 0.3 is 0 Å². The second kappa shape index (κ2) is 8.97. The van der Waals surface area contributed by atoms with Gasteiger partial charge < -0.3 is 15.2 Å². The molecule has 0 saturated carbocycles. The van der Waals surface area contributed by atoms with Gasteiger partial charge in [-0.2, -0.15) is 0 Å². The van der Waals surface area contributed by atoms with Crippen LogP contribution in [0.3, 0.4) is 0 Å². The number of amides is 1. The van der Waals surface area contributed by atoms with Gasteiger partial charge in [0.2, 0.25) is 5.91 Å². The first-order chi connectivity index (χ1) is 12.0. The maximum atomic E-state index is 12.7. The molecule has 0 spiro atoms. The summed E-state index contributed by atoms with van der Waals surface area (Å²) < 4.78 is 0. The van der Waals surface area contributed by atoms with E-state index in [1.807, 2.05) is 18.7 Å². The fraction of sp³-hybridized carbons (Fsp3) is 0.611. The third-order valence-electron chi connectivity index (χ3n) is 4.92. The predicted molar refractivity (Wildman–Crippen MR) is 109 cm³/mol. The number of hydrogen-bond acceptors (Lipinski definition) is 5. The van der Waals surface area contributed by atoms with Gasteiger partial charge in [-0.15, -0.1) is 23.7 Å². The minimum absolute atomic E-state index is 0. The van der Waals surface area contributed by atoms with Gasteiger partial charge in [0.1, 0.15) is 10.7 Å². The van der Waals surface area contributed by atoms with Crippen LogP contribution in [0.25, 0.3) is 10.2 Å². The Balaban J connectivity index is 0.00000243. The Morgan fingerprint density at radius 3 is 2.81 bits per heavy atom. The molecule has 1 saturated heterocycles. The van der Waals surface area contributed by atoms with Crippen LogP contribution in [0, 0.1) is 13.8 Å². The van der Waals surface area contributed by atoms with Gasteiger partial charge in [0.05, 0.1) is 5.39 Å². The van der Waals surface area contributed by atoms with E-state index in [1.54, 1.807) is 11.3 Å². The lowest BCUT2D eigenvalue weighted by atomic mass is 10.1. The molecule has 0 aliphatic carbocycles. The number of aromatic amines is 1. The topological polar surface area (TPSA) is 78.1 Å². The molecule has 8 heteroatoms. The maximum Gasteiger partial charge on any atom is 0.259 e. The van der Waals surface area contributed by atoms with E-state index < -0.39 is 0 Å². The van der Waals surface area contributed by atoms with Crippen molar-refractivity contribution in [3.8, 4) is 0 Å². The number of fused-ring (bicyclic) bond motifs is 1. The van der Waals surface area contributed by atoms with Crippen LogP contribution in [0.1, 0.15) is 42.5 Å². The summed E-state index contributed by atoms with van der Waals surface area (Å²) >= 11 is 1.54. The average Bonchev–Trinajstić information content (AvgIpc) is 3.19. The average molecular weight is 399 g/mol. The third kappa shape index (κ3) is 4.27. The molecular formula is C18H27ClN4O2S. The van der Waals surface area contributed by atoms with E-state index in [2.05, 4.69) is 22.2 Å². The Kier molecular flexibility index (Phi) is 7.20. The Bertz CT molecular complexity index is 826. The molecule has 2 N–H and O–H groups in total. The van der Waals surface area contributed by atoms with E-state index in [4.69, 9.17) is 0 Å². The molecule has 26 heavy (non-hydrogen) atoms. The fourth-order valence-electron chi connectivity index (χ4n) is 3.44. The van der Waals surface area contributed by atoms with Crippen molar-refractivity contribution >= 4 is 39.9 Å². The number of H-pyrrole nitrogens is 1. The number of thiophene rings is 1. The molecule has 0 aromatic carbocycles. The van der Waals surface area contributed by atoms with Gasteiger partial charge in [0.25, 0.3) is 5.56 Å². The summed E-state index contributed by atoms with van der Waals surface area (Å²) in [5.74, 6) is 0.755. The summed E-state index contributed by atoms with van der Waals surface area (Å²) in [5.41, 5.74) is 0.902. The summed E-state index contributed by atoms with van der Waals surface area (Å²) in [4.78, 5) is 36.3. The molecule has 2 aromatic rings. The summed E-state index contributed by atoms with van der Waals surface area (Å²) in [7, 11) is 0. The number of aromatic nitrogens is 2. The molecule has 3 heterocycles. The molecular weight excluding hydrogens is 372 g/mol.